The van der Waals surface area contributed by atoms with E-state index in [9.17, 15) is 4.79 Å². The topological polar surface area (TPSA) is 70.4 Å². The lowest BCUT2D eigenvalue weighted by Crippen LogP contribution is -2.40. The molecule has 1 amide bonds. The van der Waals surface area contributed by atoms with Gasteiger partial charge in [0.05, 0.1) is 18.1 Å². The summed E-state index contributed by atoms with van der Waals surface area (Å²) in [4.78, 5) is 27.8. The maximum atomic E-state index is 12.4. The van der Waals surface area contributed by atoms with E-state index >= 15 is 0 Å². The molecule has 0 saturated carbocycles. The van der Waals surface area contributed by atoms with Crippen LogP contribution in [0.5, 0.6) is 0 Å². The van der Waals surface area contributed by atoms with Gasteiger partial charge in [0.15, 0.2) is 5.65 Å². The molecule has 0 bridgehead atoms. The molecule has 8 nitrogen and oxygen atoms in total. The van der Waals surface area contributed by atoms with Crippen LogP contribution in [-0.4, -0.2) is 81.3 Å². The Balaban J connectivity index is 1.43. The molecule has 2 aliphatic heterocycles. The minimum Gasteiger partial charge on any atom is -0.355 e. The summed E-state index contributed by atoms with van der Waals surface area (Å²) in [6, 6.07) is 0. The van der Waals surface area contributed by atoms with Gasteiger partial charge >= 0.3 is 0 Å². The van der Waals surface area contributed by atoms with Gasteiger partial charge in [-0.3, -0.25) is 14.4 Å². The Bertz CT molecular complexity index is 753. The van der Waals surface area contributed by atoms with Crippen LogP contribution < -0.4 is 4.90 Å². The Labute approximate surface area is 147 Å². The second kappa shape index (κ2) is 6.95. The van der Waals surface area contributed by atoms with Gasteiger partial charge in [0, 0.05) is 46.3 Å². The molecule has 4 heterocycles. The van der Waals surface area contributed by atoms with Gasteiger partial charge in [0.25, 0.3) is 0 Å². The van der Waals surface area contributed by atoms with Crippen molar-refractivity contribution in [3.63, 3.8) is 0 Å². The predicted molar refractivity (Wildman–Crippen MR) is 95.4 cm³/mol. The van der Waals surface area contributed by atoms with Crippen LogP contribution in [0.2, 0.25) is 0 Å². The molecule has 134 valence electrons. The molecular formula is C17H25N7O. The summed E-state index contributed by atoms with van der Waals surface area (Å²) in [6.45, 7) is 6.05. The third-order valence-corrected chi connectivity index (χ3v) is 5.21. The molecular weight excluding hydrogens is 318 g/mol. The van der Waals surface area contributed by atoms with Gasteiger partial charge in [-0.2, -0.15) is 5.10 Å². The number of anilines is 1. The highest BCUT2D eigenvalue weighted by molar-refractivity contribution is 5.86. The number of carbonyl (C=O) groups is 1. The van der Waals surface area contributed by atoms with Crippen molar-refractivity contribution in [1.29, 1.82) is 0 Å². The van der Waals surface area contributed by atoms with E-state index in [2.05, 4.69) is 24.9 Å². The summed E-state index contributed by atoms with van der Waals surface area (Å²) in [5.74, 6) is 1.23. The van der Waals surface area contributed by atoms with Crippen LogP contribution in [0.1, 0.15) is 19.3 Å². The van der Waals surface area contributed by atoms with E-state index in [0.717, 1.165) is 75.4 Å². The van der Waals surface area contributed by atoms with Crippen molar-refractivity contribution in [1.82, 2.24) is 29.5 Å². The second-order valence-electron chi connectivity index (χ2n) is 6.91. The first-order valence-corrected chi connectivity index (χ1v) is 9.10. The Morgan fingerprint density at radius 2 is 1.88 bits per heavy atom. The number of aromatic nitrogens is 4. The summed E-state index contributed by atoms with van der Waals surface area (Å²) in [5, 5.41) is 5.29. The third-order valence-electron chi connectivity index (χ3n) is 5.21. The molecule has 0 aromatic carbocycles. The van der Waals surface area contributed by atoms with Crippen LogP contribution in [0, 0.1) is 0 Å². The van der Waals surface area contributed by atoms with Crippen molar-refractivity contribution in [3.05, 3.63) is 12.5 Å². The van der Waals surface area contributed by atoms with Gasteiger partial charge in [-0.1, -0.05) is 0 Å². The number of carbonyl (C=O) groups excluding carboxylic acids is 1. The maximum Gasteiger partial charge on any atom is 0.236 e. The average molecular weight is 343 g/mol. The monoisotopic (exact) mass is 343 g/mol. The van der Waals surface area contributed by atoms with Crippen molar-refractivity contribution in [2.24, 2.45) is 7.05 Å². The van der Waals surface area contributed by atoms with Crippen molar-refractivity contribution in [2.45, 2.75) is 19.3 Å². The Morgan fingerprint density at radius 3 is 2.72 bits per heavy atom. The van der Waals surface area contributed by atoms with Gasteiger partial charge < -0.3 is 9.80 Å². The highest BCUT2D eigenvalue weighted by Gasteiger charge is 2.23. The summed E-state index contributed by atoms with van der Waals surface area (Å²) >= 11 is 0. The molecule has 0 unspecified atom stereocenters. The molecule has 0 aliphatic carbocycles. The maximum absolute atomic E-state index is 12.4. The van der Waals surface area contributed by atoms with Gasteiger partial charge in [-0.05, 0) is 19.3 Å². The standard InChI is InChI=1S/C17H25N7O/c1-21-16-14(11-20-21)17(19-13-18-16)24-8-4-5-22(9-10-24)12-15(25)23-6-2-3-7-23/h11,13H,2-10,12H2,1H3. The first-order valence-electron chi connectivity index (χ1n) is 9.10. The van der Waals surface area contributed by atoms with Crippen LogP contribution in [0.15, 0.2) is 12.5 Å². The van der Waals surface area contributed by atoms with Gasteiger partial charge in [-0.25, -0.2) is 9.97 Å². The van der Waals surface area contributed by atoms with Crippen LogP contribution in [0.4, 0.5) is 5.82 Å². The quantitative estimate of drug-likeness (QED) is 0.808. The van der Waals surface area contributed by atoms with E-state index in [4.69, 9.17) is 0 Å². The number of aryl methyl sites for hydroxylation is 1. The number of amides is 1. The summed E-state index contributed by atoms with van der Waals surface area (Å²) < 4.78 is 1.78. The van der Waals surface area contributed by atoms with E-state index in [-0.39, 0.29) is 5.91 Å². The second-order valence-corrected chi connectivity index (χ2v) is 6.91. The van der Waals surface area contributed by atoms with Crippen LogP contribution >= 0.6 is 0 Å². The van der Waals surface area contributed by atoms with Crippen LogP contribution in [0.25, 0.3) is 11.0 Å². The van der Waals surface area contributed by atoms with E-state index < -0.39 is 0 Å². The molecule has 2 aromatic rings. The fraction of sp³-hybridized carbons (Fsp3) is 0.647. The third kappa shape index (κ3) is 3.30. The van der Waals surface area contributed by atoms with Gasteiger partial charge in [-0.15, -0.1) is 0 Å². The Morgan fingerprint density at radius 1 is 1.04 bits per heavy atom. The van der Waals surface area contributed by atoms with Crippen molar-refractivity contribution < 1.29 is 4.79 Å². The molecule has 25 heavy (non-hydrogen) atoms. The van der Waals surface area contributed by atoms with Crippen LogP contribution in [-0.2, 0) is 11.8 Å². The number of hydrogen-bond acceptors (Lipinski definition) is 6. The highest BCUT2D eigenvalue weighted by Crippen LogP contribution is 2.23. The van der Waals surface area contributed by atoms with Gasteiger partial charge in [0.2, 0.25) is 5.91 Å². The lowest BCUT2D eigenvalue weighted by Gasteiger charge is -2.24. The van der Waals surface area contributed by atoms with Crippen molar-refractivity contribution in [3.8, 4) is 0 Å². The molecule has 0 N–H and O–H groups in total. The molecule has 2 aromatic heterocycles. The largest absolute Gasteiger partial charge is 0.355 e. The molecule has 0 atom stereocenters. The number of nitrogens with zero attached hydrogens (tertiary/aromatic N) is 7. The summed E-state index contributed by atoms with van der Waals surface area (Å²) in [7, 11) is 1.90. The fourth-order valence-electron chi connectivity index (χ4n) is 3.80. The summed E-state index contributed by atoms with van der Waals surface area (Å²) in [6.07, 6.45) is 6.77. The first kappa shape index (κ1) is 16.3. The molecule has 8 heteroatoms. The molecule has 0 spiro atoms. The average Bonchev–Trinajstić information content (AvgIpc) is 3.22. The Hall–Kier alpha value is -2.22. The van der Waals surface area contributed by atoms with E-state index in [1.54, 1.807) is 11.0 Å². The normalized spacial score (nSPS) is 19.6. The minimum absolute atomic E-state index is 0.280. The number of fused-ring (bicyclic) bond motifs is 1. The lowest BCUT2D eigenvalue weighted by molar-refractivity contribution is -0.131. The zero-order chi connectivity index (χ0) is 17.2. The summed E-state index contributed by atoms with van der Waals surface area (Å²) in [5.41, 5.74) is 0.857. The van der Waals surface area contributed by atoms with E-state index in [1.807, 2.05) is 18.1 Å². The smallest absolute Gasteiger partial charge is 0.236 e. The predicted octanol–water partition coefficient (Wildman–Crippen LogP) is 0.498. The van der Waals surface area contributed by atoms with Crippen molar-refractivity contribution in [2.75, 3.05) is 50.7 Å². The molecule has 2 saturated heterocycles. The molecule has 2 fully saturated rings. The Kier molecular flexibility index (Phi) is 4.52. The van der Waals surface area contributed by atoms with Crippen LogP contribution in [0.3, 0.4) is 0 Å². The van der Waals surface area contributed by atoms with E-state index in [1.165, 1.54) is 0 Å². The number of likely N-dealkylation sites (tertiary alicyclic amines) is 1. The number of rotatable bonds is 3. The lowest BCUT2D eigenvalue weighted by atomic mass is 10.3. The molecule has 0 radical (unpaired) electrons. The molecule has 2 aliphatic rings. The first-order chi connectivity index (χ1) is 12.2. The molecule has 4 rings (SSSR count). The minimum atomic E-state index is 0.280. The SMILES string of the molecule is Cn1ncc2c(N3CCCN(CC(=O)N4CCCC4)CC3)ncnc21. The number of hydrogen-bond donors (Lipinski definition) is 0. The van der Waals surface area contributed by atoms with Crippen molar-refractivity contribution >= 4 is 22.8 Å². The van der Waals surface area contributed by atoms with E-state index in [0.29, 0.717) is 6.54 Å². The highest BCUT2D eigenvalue weighted by atomic mass is 16.2. The zero-order valence-electron chi connectivity index (χ0n) is 14.8. The van der Waals surface area contributed by atoms with Gasteiger partial charge in [0.1, 0.15) is 12.1 Å². The zero-order valence-corrected chi connectivity index (χ0v) is 14.8. The fourth-order valence-corrected chi connectivity index (χ4v) is 3.80.